The first-order valence-electron chi connectivity index (χ1n) is 12.3. The van der Waals surface area contributed by atoms with E-state index < -0.39 is 0 Å². The molecule has 0 aromatic carbocycles. The molecule has 35 heavy (non-hydrogen) atoms. The van der Waals surface area contributed by atoms with Crippen LogP contribution in [0.5, 0.6) is 0 Å². The Hall–Kier alpha value is 0.0592. The molecule has 18 nitrogen and oxygen atoms in total. The van der Waals surface area contributed by atoms with Gasteiger partial charge in [-0.1, -0.05) is 13.6 Å². The molecule has 0 amide bonds. The zero-order valence-electron chi connectivity index (χ0n) is 21.1. The molecule has 4 rings (SSSR count). The van der Waals surface area contributed by atoms with E-state index in [2.05, 4.69) is 106 Å². The van der Waals surface area contributed by atoms with Gasteiger partial charge in [-0.25, -0.2) is 0 Å². The molecule has 18 N–H and O–H groups in total. The SMILES string of the molecule is CNB1NBNB(NB2NB(NB3NB(C)NB(NC)N3)NB(NB3NB(C)NB(NC)N3)N2)N1. The first-order chi connectivity index (χ1) is 16.9. The largest absolute Gasteiger partial charge is 0.375 e. The number of hydrogen-bond acceptors (Lipinski definition) is 18. The van der Waals surface area contributed by atoms with Crippen molar-refractivity contribution in [2.75, 3.05) is 21.1 Å². The van der Waals surface area contributed by atoms with E-state index in [-0.39, 0.29) is 78.0 Å². The normalized spacial score (nSPS) is 22.5. The van der Waals surface area contributed by atoms with Crippen LogP contribution < -0.4 is 92.8 Å². The van der Waals surface area contributed by atoms with E-state index in [9.17, 15) is 0 Å². The van der Waals surface area contributed by atoms with Crippen molar-refractivity contribution < 1.29 is 0 Å². The minimum absolute atomic E-state index is 0.00418. The zero-order valence-corrected chi connectivity index (χ0v) is 21.1. The number of nitrogens with one attached hydrogen (secondary N) is 18. The van der Waals surface area contributed by atoms with E-state index in [0.717, 1.165) is 0 Å². The summed E-state index contributed by atoms with van der Waals surface area (Å²) in [6, 6.07) is 0. The molecule has 0 aromatic rings. The number of rotatable bonds is 9. The van der Waals surface area contributed by atoms with Crippen molar-refractivity contribution >= 4 is 85.6 Å². The summed E-state index contributed by atoms with van der Waals surface area (Å²) in [4.78, 5) is 0. The fourth-order valence-corrected chi connectivity index (χ4v) is 4.42. The van der Waals surface area contributed by atoms with Crippen LogP contribution in [0.1, 0.15) is 0 Å². The van der Waals surface area contributed by atoms with Gasteiger partial charge in [0.05, 0.1) is 0 Å². The summed E-state index contributed by atoms with van der Waals surface area (Å²) in [5, 5.41) is 61.5. The van der Waals surface area contributed by atoms with Crippen molar-refractivity contribution in [1.29, 1.82) is 0 Å². The maximum absolute atomic E-state index is 3.56. The van der Waals surface area contributed by atoms with E-state index in [1.807, 2.05) is 21.1 Å². The predicted molar refractivity (Wildman–Crippen MR) is 156 cm³/mol. The number of hydrogen-bond donors (Lipinski definition) is 18. The summed E-state index contributed by atoms with van der Waals surface area (Å²) in [5.74, 6) is 0. The van der Waals surface area contributed by atoms with Crippen molar-refractivity contribution in [2.45, 2.75) is 13.6 Å². The molecule has 0 atom stereocenters. The fraction of sp³-hybridized carbons (Fsp3) is 1.00. The Morgan fingerprint density at radius 1 is 0.400 bits per heavy atom. The standard InChI is InChI=1S/C5H34B12N18/c1-7-23-10(19-4)28-13(25-7)31-16-33-15(30-12-22-6-21-9(18-3)27-12)34-17(35-16)32-14-26-8(2)24-11(20-5)29-14/h6,18-35H,1-5H3. The summed E-state index contributed by atoms with van der Waals surface area (Å²) in [6.45, 7) is 4.41. The van der Waals surface area contributed by atoms with Crippen molar-refractivity contribution in [3.63, 3.8) is 0 Å². The van der Waals surface area contributed by atoms with Gasteiger partial charge in [-0.05, 0) is 21.1 Å². The quantitative estimate of drug-likeness (QED) is 0.139. The Morgan fingerprint density at radius 2 is 0.714 bits per heavy atom. The molecule has 180 valence electrons. The monoisotopic (exact) mass is 478 g/mol. The lowest BCUT2D eigenvalue weighted by molar-refractivity contribution is 0.976. The third-order valence-electron chi connectivity index (χ3n) is 6.15. The molecule has 0 radical (unpaired) electrons. The van der Waals surface area contributed by atoms with Gasteiger partial charge in [0.2, 0.25) is 0 Å². The molecular formula is C5H34B12N18. The second-order valence-electron chi connectivity index (χ2n) is 8.96. The maximum atomic E-state index is 3.56. The highest BCUT2D eigenvalue weighted by molar-refractivity contribution is 6.96. The molecule has 0 unspecified atom stereocenters. The molecule has 4 aliphatic rings. The van der Waals surface area contributed by atoms with Crippen molar-refractivity contribution in [3.8, 4) is 0 Å². The summed E-state index contributed by atoms with van der Waals surface area (Å²) < 4.78 is 0. The van der Waals surface area contributed by atoms with Gasteiger partial charge in [0, 0.05) is 0 Å². The highest BCUT2D eigenvalue weighted by atomic mass is 15.3. The third kappa shape index (κ3) is 8.53. The Balaban J connectivity index is 1.38. The van der Waals surface area contributed by atoms with Gasteiger partial charge in [0.1, 0.15) is 0 Å². The summed E-state index contributed by atoms with van der Waals surface area (Å²) in [7, 11) is 5.28. The average molecular weight is 476 g/mol. The first kappa shape index (κ1) is 28.1. The Labute approximate surface area is 213 Å². The zero-order chi connectivity index (χ0) is 24.8. The van der Waals surface area contributed by atoms with Gasteiger partial charge in [-0.2, -0.15) is 0 Å². The van der Waals surface area contributed by atoms with Crippen LogP contribution >= 0.6 is 0 Å². The van der Waals surface area contributed by atoms with Crippen LogP contribution in [-0.2, 0) is 0 Å². The van der Waals surface area contributed by atoms with E-state index in [0.29, 0.717) is 7.55 Å². The average Bonchev–Trinajstić information content (AvgIpc) is 2.83. The van der Waals surface area contributed by atoms with Gasteiger partial charge in [0.25, 0.3) is 21.5 Å². The van der Waals surface area contributed by atoms with Crippen LogP contribution in [0.4, 0.5) is 0 Å². The molecule has 4 saturated heterocycles. The molecule has 0 spiro atoms. The van der Waals surface area contributed by atoms with Crippen LogP contribution in [-0.4, -0.2) is 107 Å². The lowest BCUT2D eigenvalue weighted by Gasteiger charge is -2.40. The van der Waals surface area contributed by atoms with Gasteiger partial charge >= 0.3 is 64.1 Å². The topological polar surface area (TPSA) is 217 Å². The van der Waals surface area contributed by atoms with E-state index in [1.165, 1.54) is 0 Å². The molecule has 4 aliphatic heterocycles. The van der Waals surface area contributed by atoms with Gasteiger partial charge < -0.3 is 92.8 Å². The van der Waals surface area contributed by atoms with E-state index in [1.54, 1.807) is 0 Å². The smallest absolute Gasteiger partial charge is 0.360 e. The highest BCUT2D eigenvalue weighted by Crippen LogP contribution is 1.88. The minimum Gasteiger partial charge on any atom is -0.360 e. The molecule has 4 heterocycles. The van der Waals surface area contributed by atoms with Crippen LogP contribution in [0, 0.1) is 0 Å². The van der Waals surface area contributed by atoms with Crippen molar-refractivity contribution in [2.24, 2.45) is 0 Å². The summed E-state index contributed by atoms with van der Waals surface area (Å²) in [5.41, 5.74) is 0. The van der Waals surface area contributed by atoms with Crippen molar-refractivity contribution in [1.82, 2.24) is 92.8 Å². The minimum atomic E-state index is -0.236. The van der Waals surface area contributed by atoms with Gasteiger partial charge in [-0.3, -0.25) is 0 Å². The van der Waals surface area contributed by atoms with E-state index >= 15 is 0 Å². The second kappa shape index (κ2) is 13.7. The molecular weight excluding hydrogens is 442 g/mol. The predicted octanol–water partition coefficient (Wildman–Crippen LogP) is -12.1. The third-order valence-corrected chi connectivity index (χ3v) is 6.15. The Kier molecular flexibility index (Phi) is 11.0. The molecule has 0 aromatic heterocycles. The van der Waals surface area contributed by atoms with Gasteiger partial charge in [-0.15, -0.1) is 0 Å². The molecule has 30 heteroatoms. The lowest BCUT2D eigenvalue weighted by Crippen LogP contribution is -2.93. The van der Waals surface area contributed by atoms with Crippen LogP contribution in [0.15, 0.2) is 0 Å². The molecule has 0 saturated carbocycles. The fourth-order valence-electron chi connectivity index (χ4n) is 4.42. The molecule has 0 aliphatic carbocycles. The second-order valence-corrected chi connectivity index (χ2v) is 8.96. The Bertz CT molecular complexity index is 605. The molecule has 0 bridgehead atoms. The van der Waals surface area contributed by atoms with E-state index in [4.69, 9.17) is 0 Å². The summed E-state index contributed by atoms with van der Waals surface area (Å²) >= 11 is 0. The van der Waals surface area contributed by atoms with Crippen molar-refractivity contribution in [3.05, 3.63) is 0 Å². The van der Waals surface area contributed by atoms with Gasteiger partial charge in [0.15, 0.2) is 0 Å². The maximum Gasteiger partial charge on any atom is 0.375 e. The van der Waals surface area contributed by atoms with Crippen LogP contribution in [0.25, 0.3) is 0 Å². The highest BCUT2D eigenvalue weighted by Gasteiger charge is 2.44. The molecule has 4 fully saturated rings. The van der Waals surface area contributed by atoms with Crippen LogP contribution in [0.2, 0.25) is 13.6 Å². The first-order valence-corrected chi connectivity index (χ1v) is 12.3. The Morgan fingerprint density at radius 3 is 1.17 bits per heavy atom. The summed E-state index contributed by atoms with van der Waals surface area (Å²) in [6.07, 6.45) is 0. The van der Waals surface area contributed by atoms with Crippen LogP contribution in [0.3, 0.4) is 0 Å². The lowest BCUT2D eigenvalue weighted by atomic mass is 9.53.